The van der Waals surface area contributed by atoms with E-state index in [-0.39, 0.29) is 11.8 Å². The van der Waals surface area contributed by atoms with Crippen LogP contribution in [0, 0.1) is 6.92 Å². The number of methoxy groups -OCH3 is 2. The second kappa shape index (κ2) is 5.18. The molecule has 1 aliphatic rings. The van der Waals surface area contributed by atoms with Crippen LogP contribution in [0.3, 0.4) is 0 Å². The number of carbonyl (C=O) groups excluding carboxylic acids is 2. The van der Waals surface area contributed by atoms with E-state index in [2.05, 4.69) is 0 Å². The monoisotopic (exact) mass is 297 g/mol. The van der Waals surface area contributed by atoms with Crippen molar-refractivity contribution in [2.45, 2.75) is 6.92 Å². The minimum absolute atomic E-state index is 0.352. The molecular formula is C17H15NO4. The van der Waals surface area contributed by atoms with Crippen molar-refractivity contribution in [1.29, 1.82) is 0 Å². The number of aryl methyl sites for hydroxylation is 1. The van der Waals surface area contributed by atoms with Crippen LogP contribution in [-0.2, 0) is 0 Å². The maximum Gasteiger partial charge on any atom is 0.266 e. The van der Waals surface area contributed by atoms with Gasteiger partial charge in [-0.15, -0.1) is 0 Å². The van der Waals surface area contributed by atoms with E-state index in [1.807, 2.05) is 13.0 Å². The number of benzene rings is 2. The Bertz CT molecular complexity index is 782. The van der Waals surface area contributed by atoms with Crippen molar-refractivity contribution in [3.8, 4) is 11.5 Å². The summed E-state index contributed by atoms with van der Waals surface area (Å²) in [5.74, 6) is 0.275. The summed E-state index contributed by atoms with van der Waals surface area (Å²) >= 11 is 0. The second-order valence-electron chi connectivity index (χ2n) is 5.03. The van der Waals surface area contributed by atoms with Crippen LogP contribution in [0.5, 0.6) is 11.5 Å². The number of hydrogen-bond acceptors (Lipinski definition) is 4. The summed E-state index contributed by atoms with van der Waals surface area (Å²) in [4.78, 5) is 26.4. The highest BCUT2D eigenvalue weighted by molar-refractivity contribution is 6.34. The fraction of sp³-hybridized carbons (Fsp3) is 0.176. The average Bonchev–Trinajstić information content (AvgIpc) is 2.77. The van der Waals surface area contributed by atoms with Crippen LogP contribution >= 0.6 is 0 Å². The molecule has 0 aliphatic carbocycles. The molecule has 5 nitrogen and oxygen atoms in total. The first kappa shape index (κ1) is 14.1. The fourth-order valence-electron chi connectivity index (χ4n) is 2.54. The zero-order chi connectivity index (χ0) is 15.9. The Morgan fingerprint density at radius 2 is 1.59 bits per heavy atom. The average molecular weight is 297 g/mol. The van der Waals surface area contributed by atoms with Crippen LogP contribution in [0.4, 0.5) is 5.69 Å². The first-order chi connectivity index (χ1) is 10.6. The quantitative estimate of drug-likeness (QED) is 0.817. The van der Waals surface area contributed by atoms with E-state index in [1.54, 1.807) is 30.3 Å². The van der Waals surface area contributed by atoms with Crippen LogP contribution in [0.2, 0.25) is 0 Å². The largest absolute Gasteiger partial charge is 0.497 e. The van der Waals surface area contributed by atoms with Crippen LogP contribution in [0.15, 0.2) is 36.4 Å². The van der Waals surface area contributed by atoms with Crippen molar-refractivity contribution < 1.29 is 19.1 Å². The Morgan fingerprint density at radius 1 is 0.864 bits per heavy atom. The maximum absolute atomic E-state index is 12.6. The number of carbonyl (C=O) groups is 2. The number of ether oxygens (including phenoxy) is 2. The van der Waals surface area contributed by atoms with Gasteiger partial charge in [0, 0.05) is 6.07 Å². The van der Waals surface area contributed by atoms with Gasteiger partial charge >= 0.3 is 0 Å². The van der Waals surface area contributed by atoms with Crippen molar-refractivity contribution in [2.24, 2.45) is 0 Å². The summed E-state index contributed by atoms with van der Waals surface area (Å²) in [6.45, 7) is 1.88. The number of imide groups is 1. The number of amides is 2. The SMILES string of the molecule is COc1ccc(OC)c(N2C(=O)c3ccc(C)cc3C2=O)c1. The molecule has 0 N–H and O–H groups in total. The van der Waals surface area contributed by atoms with Gasteiger partial charge in [-0.1, -0.05) is 11.6 Å². The van der Waals surface area contributed by atoms with Crippen LogP contribution in [0.25, 0.3) is 0 Å². The molecule has 2 aromatic carbocycles. The molecule has 0 spiro atoms. The topological polar surface area (TPSA) is 55.8 Å². The predicted octanol–water partition coefficient (Wildman–Crippen LogP) is 2.81. The van der Waals surface area contributed by atoms with Crippen molar-refractivity contribution in [2.75, 3.05) is 19.1 Å². The van der Waals surface area contributed by atoms with E-state index in [0.29, 0.717) is 28.3 Å². The zero-order valence-corrected chi connectivity index (χ0v) is 12.5. The third-order valence-corrected chi connectivity index (χ3v) is 3.67. The Kier molecular flexibility index (Phi) is 3.33. The molecule has 0 aromatic heterocycles. The molecule has 2 aromatic rings. The molecule has 22 heavy (non-hydrogen) atoms. The summed E-state index contributed by atoms with van der Waals surface area (Å²) < 4.78 is 10.5. The van der Waals surface area contributed by atoms with Gasteiger partial charge in [0.15, 0.2) is 0 Å². The van der Waals surface area contributed by atoms with E-state index >= 15 is 0 Å². The lowest BCUT2D eigenvalue weighted by molar-refractivity contribution is 0.0925. The lowest BCUT2D eigenvalue weighted by Gasteiger charge is -2.18. The molecule has 5 heteroatoms. The van der Waals surface area contributed by atoms with Gasteiger partial charge in [0.1, 0.15) is 11.5 Å². The van der Waals surface area contributed by atoms with Gasteiger partial charge < -0.3 is 9.47 Å². The first-order valence-corrected chi connectivity index (χ1v) is 6.78. The highest BCUT2D eigenvalue weighted by Gasteiger charge is 2.38. The van der Waals surface area contributed by atoms with Gasteiger partial charge in [-0.2, -0.15) is 0 Å². The van der Waals surface area contributed by atoms with E-state index in [4.69, 9.17) is 9.47 Å². The van der Waals surface area contributed by atoms with Crippen molar-refractivity contribution in [3.63, 3.8) is 0 Å². The second-order valence-corrected chi connectivity index (χ2v) is 5.03. The van der Waals surface area contributed by atoms with E-state index in [1.165, 1.54) is 14.2 Å². The van der Waals surface area contributed by atoms with Crippen molar-refractivity contribution >= 4 is 17.5 Å². The molecule has 0 atom stereocenters. The van der Waals surface area contributed by atoms with E-state index in [0.717, 1.165) is 10.5 Å². The summed E-state index contributed by atoms with van der Waals surface area (Å²) in [5.41, 5.74) is 2.13. The Hall–Kier alpha value is -2.82. The lowest BCUT2D eigenvalue weighted by atomic mass is 10.1. The van der Waals surface area contributed by atoms with E-state index in [9.17, 15) is 9.59 Å². The number of anilines is 1. The highest BCUT2D eigenvalue weighted by atomic mass is 16.5. The normalized spacial score (nSPS) is 13.3. The Balaban J connectivity index is 2.15. The third-order valence-electron chi connectivity index (χ3n) is 3.67. The van der Waals surface area contributed by atoms with Crippen molar-refractivity contribution in [1.82, 2.24) is 0 Å². The lowest BCUT2D eigenvalue weighted by Crippen LogP contribution is -2.29. The minimum Gasteiger partial charge on any atom is -0.497 e. The molecule has 0 saturated heterocycles. The van der Waals surface area contributed by atoms with Crippen LogP contribution < -0.4 is 14.4 Å². The van der Waals surface area contributed by atoms with Gasteiger partial charge in [-0.25, -0.2) is 4.90 Å². The van der Waals surface area contributed by atoms with Gasteiger partial charge in [0.25, 0.3) is 11.8 Å². The molecule has 0 unspecified atom stereocenters. The Labute approximate surface area is 128 Å². The van der Waals surface area contributed by atoms with E-state index < -0.39 is 0 Å². The molecule has 3 rings (SSSR count). The molecule has 2 amide bonds. The van der Waals surface area contributed by atoms with Crippen LogP contribution in [0.1, 0.15) is 26.3 Å². The minimum atomic E-state index is -0.355. The maximum atomic E-state index is 12.6. The van der Waals surface area contributed by atoms with Gasteiger partial charge in [0.2, 0.25) is 0 Å². The Morgan fingerprint density at radius 3 is 2.27 bits per heavy atom. The van der Waals surface area contributed by atoms with Gasteiger partial charge in [-0.3, -0.25) is 9.59 Å². The number of nitrogens with zero attached hydrogens (tertiary/aromatic N) is 1. The molecule has 0 radical (unpaired) electrons. The smallest absolute Gasteiger partial charge is 0.266 e. The standard InChI is InChI=1S/C17H15NO4/c1-10-4-6-12-13(8-10)17(20)18(16(12)19)14-9-11(21-2)5-7-15(14)22-3/h4-9H,1-3H3. The molecule has 1 heterocycles. The fourth-order valence-corrected chi connectivity index (χ4v) is 2.54. The number of fused-ring (bicyclic) bond motifs is 1. The van der Waals surface area contributed by atoms with Gasteiger partial charge in [0.05, 0.1) is 31.0 Å². The first-order valence-electron chi connectivity index (χ1n) is 6.78. The summed E-state index contributed by atoms with van der Waals surface area (Å²) in [6.07, 6.45) is 0. The summed E-state index contributed by atoms with van der Waals surface area (Å²) in [6, 6.07) is 10.2. The highest BCUT2D eigenvalue weighted by Crippen LogP contribution is 2.37. The number of rotatable bonds is 3. The molecule has 1 aliphatic heterocycles. The third kappa shape index (κ3) is 2.02. The molecule has 0 fully saturated rings. The van der Waals surface area contributed by atoms with Crippen LogP contribution in [-0.4, -0.2) is 26.0 Å². The summed E-state index contributed by atoms with van der Waals surface area (Å²) in [5, 5.41) is 0. The molecular weight excluding hydrogens is 282 g/mol. The number of hydrogen-bond donors (Lipinski definition) is 0. The molecule has 112 valence electrons. The molecule has 0 saturated carbocycles. The molecule has 0 bridgehead atoms. The zero-order valence-electron chi connectivity index (χ0n) is 12.5. The van der Waals surface area contributed by atoms with Crippen molar-refractivity contribution in [3.05, 3.63) is 53.1 Å². The van der Waals surface area contributed by atoms with Gasteiger partial charge in [-0.05, 0) is 31.2 Å². The predicted molar refractivity (Wildman–Crippen MR) is 81.9 cm³/mol. The summed E-state index contributed by atoms with van der Waals surface area (Å²) in [7, 11) is 3.02.